The van der Waals surface area contributed by atoms with Crippen molar-refractivity contribution in [2.24, 2.45) is 0 Å². The van der Waals surface area contributed by atoms with E-state index in [1.54, 1.807) is 23.6 Å². The predicted molar refractivity (Wildman–Crippen MR) is 65.3 cm³/mol. The normalized spacial score (nSPS) is 10.0. The van der Waals surface area contributed by atoms with Crippen molar-refractivity contribution in [2.75, 3.05) is 11.1 Å². The number of anilines is 2. The zero-order chi connectivity index (χ0) is 11.4. The Morgan fingerprint density at radius 3 is 3.06 bits per heavy atom. The summed E-state index contributed by atoms with van der Waals surface area (Å²) in [5, 5.41) is 4.70. The van der Waals surface area contributed by atoms with E-state index in [1.165, 1.54) is 6.20 Å². The van der Waals surface area contributed by atoms with Crippen molar-refractivity contribution in [1.29, 1.82) is 0 Å². The molecule has 3 N–H and O–H groups in total. The summed E-state index contributed by atoms with van der Waals surface area (Å²) in [7, 11) is 0. The fraction of sp³-hybridized carbons (Fsp3) is 0.0909. The van der Waals surface area contributed by atoms with E-state index < -0.39 is 0 Å². The molecule has 2 heterocycles. The molecule has 4 nitrogen and oxygen atoms in total. The molecule has 0 saturated carbocycles. The molecule has 0 aliphatic heterocycles. The number of nitrogen functional groups attached to an aromatic ring is 1. The Morgan fingerprint density at radius 2 is 2.38 bits per heavy atom. The minimum atomic E-state index is -0.0691. The first kappa shape index (κ1) is 10.6. The molecule has 0 aliphatic carbocycles. The zero-order valence-electron chi connectivity index (χ0n) is 8.51. The van der Waals surface area contributed by atoms with E-state index in [0.29, 0.717) is 17.8 Å². The van der Waals surface area contributed by atoms with Crippen LogP contribution < -0.4 is 11.1 Å². The summed E-state index contributed by atoms with van der Waals surface area (Å²) in [6.45, 7) is 0. The monoisotopic (exact) mass is 233 g/mol. The van der Waals surface area contributed by atoms with E-state index >= 15 is 0 Å². The molecular weight excluding hydrogens is 222 g/mol. The predicted octanol–water partition coefficient (Wildman–Crippen LogP) is 1.91. The van der Waals surface area contributed by atoms with Crippen molar-refractivity contribution < 1.29 is 4.79 Å². The minimum absolute atomic E-state index is 0.0691. The number of thiophene rings is 1. The summed E-state index contributed by atoms with van der Waals surface area (Å²) in [4.78, 5) is 16.5. The summed E-state index contributed by atoms with van der Waals surface area (Å²) < 4.78 is 0. The second-order valence-electron chi connectivity index (χ2n) is 3.27. The Hall–Kier alpha value is -1.88. The van der Waals surface area contributed by atoms with E-state index in [4.69, 9.17) is 5.73 Å². The first-order chi connectivity index (χ1) is 7.75. The standard InChI is InChI=1S/C11H11N3OS/c12-9-7-13-4-3-10(9)14-11(15)6-8-2-1-5-16-8/h1-5,7H,6,12H2,(H,13,14,15). The van der Waals surface area contributed by atoms with Gasteiger partial charge < -0.3 is 11.1 Å². The van der Waals surface area contributed by atoms with Gasteiger partial charge in [0.2, 0.25) is 5.91 Å². The summed E-state index contributed by atoms with van der Waals surface area (Å²) in [5.41, 5.74) is 6.75. The molecule has 0 fully saturated rings. The van der Waals surface area contributed by atoms with E-state index in [0.717, 1.165) is 4.88 Å². The highest BCUT2D eigenvalue weighted by atomic mass is 32.1. The number of hydrogen-bond donors (Lipinski definition) is 2. The molecule has 16 heavy (non-hydrogen) atoms. The molecule has 0 spiro atoms. The van der Waals surface area contributed by atoms with Crippen LogP contribution in [0.2, 0.25) is 0 Å². The third-order valence-corrected chi connectivity index (χ3v) is 2.92. The van der Waals surface area contributed by atoms with Crippen LogP contribution in [0.15, 0.2) is 36.0 Å². The summed E-state index contributed by atoms with van der Waals surface area (Å²) in [5.74, 6) is -0.0691. The second kappa shape index (κ2) is 4.76. The Bertz CT molecular complexity index is 482. The lowest BCUT2D eigenvalue weighted by atomic mass is 10.3. The second-order valence-corrected chi connectivity index (χ2v) is 4.30. The Labute approximate surface area is 97.1 Å². The number of rotatable bonds is 3. The smallest absolute Gasteiger partial charge is 0.229 e. The number of hydrogen-bond acceptors (Lipinski definition) is 4. The number of nitrogens with one attached hydrogen (secondary N) is 1. The Kier molecular flexibility index (Phi) is 3.16. The van der Waals surface area contributed by atoms with Gasteiger partial charge in [0.1, 0.15) is 0 Å². The maximum absolute atomic E-state index is 11.7. The van der Waals surface area contributed by atoms with Crippen molar-refractivity contribution in [3.63, 3.8) is 0 Å². The van der Waals surface area contributed by atoms with Crippen LogP contribution in [0, 0.1) is 0 Å². The average Bonchev–Trinajstić information content (AvgIpc) is 2.74. The molecule has 0 aliphatic rings. The van der Waals surface area contributed by atoms with Crippen LogP contribution >= 0.6 is 11.3 Å². The zero-order valence-corrected chi connectivity index (χ0v) is 9.33. The molecule has 0 saturated heterocycles. The van der Waals surface area contributed by atoms with Gasteiger partial charge in [0.05, 0.1) is 24.0 Å². The van der Waals surface area contributed by atoms with Gasteiger partial charge in [-0.15, -0.1) is 11.3 Å². The lowest BCUT2D eigenvalue weighted by molar-refractivity contribution is -0.115. The first-order valence-corrected chi connectivity index (χ1v) is 5.65. The summed E-state index contributed by atoms with van der Waals surface area (Å²) in [6.07, 6.45) is 3.48. The molecule has 0 bridgehead atoms. The number of aromatic nitrogens is 1. The van der Waals surface area contributed by atoms with Crippen LogP contribution in [-0.4, -0.2) is 10.9 Å². The largest absolute Gasteiger partial charge is 0.396 e. The van der Waals surface area contributed by atoms with Crippen LogP contribution in [0.4, 0.5) is 11.4 Å². The molecular formula is C11H11N3OS. The number of pyridine rings is 1. The third-order valence-electron chi connectivity index (χ3n) is 2.04. The van der Waals surface area contributed by atoms with E-state index in [2.05, 4.69) is 10.3 Å². The van der Waals surface area contributed by atoms with Crippen molar-refractivity contribution in [1.82, 2.24) is 4.98 Å². The topological polar surface area (TPSA) is 68.0 Å². The number of nitrogens with two attached hydrogens (primary N) is 1. The maximum atomic E-state index is 11.7. The Morgan fingerprint density at radius 1 is 1.50 bits per heavy atom. The number of nitrogens with zero attached hydrogens (tertiary/aromatic N) is 1. The van der Waals surface area contributed by atoms with E-state index in [1.807, 2.05) is 17.5 Å². The van der Waals surface area contributed by atoms with Gasteiger partial charge in [-0.1, -0.05) is 6.07 Å². The molecule has 1 amide bonds. The molecule has 2 rings (SSSR count). The van der Waals surface area contributed by atoms with Crippen molar-refractivity contribution in [3.05, 3.63) is 40.8 Å². The van der Waals surface area contributed by atoms with Crippen LogP contribution in [0.1, 0.15) is 4.88 Å². The third kappa shape index (κ3) is 2.58. The SMILES string of the molecule is Nc1cnccc1NC(=O)Cc1cccs1. The molecule has 2 aromatic heterocycles. The van der Waals surface area contributed by atoms with Gasteiger partial charge in [-0.05, 0) is 17.5 Å². The quantitative estimate of drug-likeness (QED) is 0.850. The van der Waals surface area contributed by atoms with Gasteiger partial charge >= 0.3 is 0 Å². The molecule has 82 valence electrons. The lowest BCUT2D eigenvalue weighted by Crippen LogP contribution is -2.14. The lowest BCUT2D eigenvalue weighted by Gasteiger charge is -2.06. The molecule has 0 radical (unpaired) electrons. The number of carbonyl (C=O) groups excluding carboxylic acids is 1. The molecule has 5 heteroatoms. The van der Waals surface area contributed by atoms with Gasteiger partial charge in [0.15, 0.2) is 0 Å². The van der Waals surface area contributed by atoms with Gasteiger partial charge in [0.25, 0.3) is 0 Å². The molecule has 0 atom stereocenters. The first-order valence-electron chi connectivity index (χ1n) is 4.77. The highest BCUT2D eigenvalue weighted by Gasteiger charge is 2.06. The highest BCUT2D eigenvalue weighted by molar-refractivity contribution is 7.10. The molecule has 0 unspecified atom stereocenters. The summed E-state index contributed by atoms with van der Waals surface area (Å²) >= 11 is 1.56. The van der Waals surface area contributed by atoms with E-state index in [9.17, 15) is 4.79 Å². The maximum Gasteiger partial charge on any atom is 0.229 e. The van der Waals surface area contributed by atoms with Gasteiger partial charge in [-0.3, -0.25) is 9.78 Å². The Balaban J connectivity index is 2.00. The fourth-order valence-corrected chi connectivity index (χ4v) is 1.99. The van der Waals surface area contributed by atoms with Gasteiger partial charge in [-0.25, -0.2) is 0 Å². The van der Waals surface area contributed by atoms with Gasteiger partial charge in [0, 0.05) is 11.1 Å². The van der Waals surface area contributed by atoms with E-state index in [-0.39, 0.29) is 5.91 Å². The van der Waals surface area contributed by atoms with Gasteiger partial charge in [-0.2, -0.15) is 0 Å². The van der Waals surface area contributed by atoms with Crippen molar-refractivity contribution >= 4 is 28.6 Å². The van der Waals surface area contributed by atoms with Crippen LogP contribution in [-0.2, 0) is 11.2 Å². The summed E-state index contributed by atoms with van der Waals surface area (Å²) in [6, 6.07) is 5.54. The highest BCUT2D eigenvalue weighted by Crippen LogP contribution is 2.16. The molecule has 2 aromatic rings. The van der Waals surface area contributed by atoms with Crippen LogP contribution in [0.5, 0.6) is 0 Å². The number of amides is 1. The fourth-order valence-electron chi connectivity index (χ4n) is 1.29. The van der Waals surface area contributed by atoms with Crippen molar-refractivity contribution in [3.8, 4) is 0 Å². The number of carbonyl (C=O) groups is 1. The van der Waals surface area contributed by atoms with Crippen LogP contribution in [0.3, 0.4) is 0 Å². The molecule has 0 aromatic carbocycles. The average molecular weight is 233 g/mol. The minimum Gasteiger partial charge on any atom is -0.396 e. The van der Waals surface area contributed by atoms with Crippen LogP contribution in [0.25, 0.3) is 0 Å². The van der Waals surface area contributed by atoms with Crippen molar-refractivity contribution in [2.45, 2.75) is 6.42 Å².